The normalized spacial score (nSPS) is 22.8. The van der Waals surface area contributed by atoms with Gasteiger partial charge in [0.25, 0.3) is 5.91 Å². The molecule has 118 valence electrons. The lowest BCUT2D eigenvalue weighted by atomic mass is 9.94. The van der Waals surface area contributed by atoms with Crippen LogP contribution in [0.4, 0.5) is 4.39 Å². The topological polar surface area (TPSA) is 23.6 Å². The number of carbonyl (C=O) groups excluding carboxylic acids is 1. The molecule has 1 aliphatic heterocycles. The molecule has 0 radical (unpaired) electrons. The van der Waals surface area contributed by atoms with Gasteiger partial charge in [0.1, 0.15) is 5.82 Å². The maximum absolute atomic E-state index is 13.7. The van der Waals surface area contributed by atoms with Gasteiger partial charge >= 0.3 is 0 Å². The number of amides is 1. The summed E-state index contributed by atoms with van der Waals surface area (Å²) in [5, 5.41) is 0. The minimum atomic E-state index is -0.427. The highest BCUT2D eigenvalue weighted by Crippen LogP contribution is 2.20. The summed E-state index contributed by atoms with van der Waals surface area (Å²) in [4.78, 5) is 16.6. The fraction of sp³-hybridized carbons (Fsp3) is 0.500. The van der Waals surface area contributed by atoms with E-state index in [1.807, 2.05) is 0 Å². The molecule has 3 rings (SSSR count). The van der Waals surface area contributed by atoms with E-state index >= 15 is 0 Å². The van der Waals surface area contributed by atoms with Gasteiger partial charge in [-0.25, -0.2) is 4.39 Å². The molecule has 0 bridgehead atoms. The molecule has 1 fully saturated rings. The Kier molecular flexibility index (Phi) is 4.88. The predicted molar refractivity (Wildman–Crippen MR) is 85.2 cm³/mol. The molecule has 0 spiro atoms. The minimum Gasteiger partial charge on any atom is -0.336 e. The van der Waals surface area contributed by atoms with E-state index in [-0.39, 0.29) is 11.5 Å². The van der Waals surface area contributed by atoms with Crippen molar-refractivity contribution in [1.29, 1.82) is 0 Å². The van der Waals surface area contributed by atoms with Crippen LogP contribution in [0.2, 0.25) is 0 Å². The molecule has 0 aromatic heterocycles. The van der Waals surface area contributed by atoms with Crippen LogP contribution < -0.4 is 0 Å². The SMILES string of the molecule is O=C(c1ccccc1F)N1CCN(CC2CC=CCC2)CC1. The van der Waals surface area contributed by atoms with Gasteiger partial charge in [-0.05, 0) is 37.3 Å². The Hall–Kier alpha value is -1.68. The van der Waals surface area contributed by atoms with Gasteiger partial charge in [-0.1, -0.05) is 24.3 Å². The molecule has 0 saturated carbocycles. The summed E-state index contributed by atoms with van der Waals surface area (Å²) in [7, 11) is 0. The van der Waals surface area contributed by atoms with E-state index in [2.05, 4.69) is 17.1 Å². The van der Waals surface area contributed by atoms with Crippen molar-refractivity contribution >= 4 is 5.91 Å². The van der Waals surface area contributed by atoms with Crippen molar-refractivity contribution in [2.24, 2.45) is 5.92 Å². The molecule has 4 heteroatoms. The predicted octanol–water partition coefficient (Wildman–Crippen LogP) is 2.94. The van der Waals surface area contributed by atoms with Gasteiger partial charge in [-0.3, -0.25) is 9.69 Å². The van der Waals surface area contributed by atoms with Gasteiger partial charge in [-0.15, -0.1) is 0 Å². The number of carbonyl (C=O) groups is 1. The Morgan fingerprint density at radius 3 is 2.59 bits per heavy atom. The van der Waals surface area contributed by atoms with E-state index in [0.29, 0.717) is 13.1 Å². The lowest BCUT2D eigenvalue weighted by Crippen LogP contribution is -2.50. The van der Waals surface area contributed by atoms with Crippen LogP contribution in [0.25, 0.3) is 0 Å². The largest absolute Gasteiger partial charge is 0.336 e. The maximum Gasteiger partial charge on any atom is 0.256 e. The van der Waals surface area contributed by atoms with Crippen LogP contribution in [0.3, 0.4) is 0 Å². The van der Waals surface area contributed by atoms with Crippen LogP contribution in [0.1, 0.15) is 29.6 Å². The number of rotatable bonds is 3. The van der Waals surface area contributed by atoms with E-state index in [9.17, 15) is 9.18 Å². The standard InChI is InChI=1S/C18H23FN2O/c19-17-9-5-4-8-16(17)18(22)21-12-10-20(11-13-21)14-15-6-2-1-3-7-15/h1-2,4-5,8-9,15H,3,6-7,10-14H2. The van der Waals surface area contributed by atoms with E-state index in [1.165, 1.54) is 25.3 Å². The summed E-state index contributed by atoms with van der Waals surface area (Å²) in [6.45, 7) is 4.28. The smallest absolute Gasteiger partial charge is 0.256 e. The second-order valence-corrected chi connectivity index (χ2v) is 6.22. The minimum absolute atomic E-state index is 0.182. The Morgan fingerprint density at radius 2 is 1.91 bits per heavy atom. The Bertz CT molecular complexity index is 550. The quantitative estimate of drug-likeness (QED) is 0.802. The third kappa shape index (κ3) is 3.55. The third-order valence-electron chi connectivity index (χ3n) is 4.66. The molecule has 3 nitrogen and oxygen atoms in total. The van der Waals surface area contributed by atoms with Crippen LogP contribution in [-0.4, -0.2) is 48.4 Å². The first-order valence-electron chi connectivity index (χ1n) is 8.15. The van der Waals surface area contributed by atoms with Crippen molar-refractivity contribution in [1.82, 2.24) is 9.80 Å². The van der Waals surface area contributed by atoms with Crippen molar-refractivity contribution in [2.45, 2.75) is 19.3 Å². The molecule has 1 unspecified atom stereocenters. The zero-order valence-corrected chi connectivity index (χ0v) is 12.9. The third-order valence-corrected chi connectivity index (χ3v) is 4.66. The second kappa shape index (κ2) is 7.05. The van der Waals surface area contributed by atoms with Crippen molar-refractivity contribution in [2.75, 3.05) is 32.7 Å². The lowest BCUT2D eigenvalue weighted by molar-refractivity contribution is 0.0610. The number of hydrogen-bond acceptors (Lipinski definition) is 2. The molecular weight excluding hydrogens is 279 g/mol. The average Bonchev–Trinajstić information content (AvgIpc) is 2.56. The summed E-state index contributed by atoms with van der Waals surface area (Å²) in [5.41, 5.74) is 0.188. The number of hydrogen-bond donors (Lipinski definition) is 0. The summed E-state index contributed by atoms with van der Waals surface area (Å²) in [6.07, 6.45) is 8.18. The molecule has 22 heavy (non-hydrogen) atoms. The number of allylic oxidation sites excluding steroid dienone is 2. The summed E-state index contributed by atoms with van der Waals surface area (Å²) < 4.78 is 13.7. The molecule has 1 saturated heterocycles. The molecule has 1 aromatic rings. The van der Waals surface area contributed by atoms with Gasteiger partial charge in [0.15, 0.2) is 0 Å². The number of halogens is 1. The lowest BCUT2D eigenvalue weighted by Gasteiger charge is -2.36. The van der Waals surface area contributed by atoms with Crippen LogP contribution in [0, 0.1) is 11.7 Å². The Labute approximate surface area is 131 Å². The van der Waals surface area contributed by atoms with Gasteiger partial charge in [-0.2, -0.15) is 0 Å². The Morgan fingerprint density at radius 1 is 1.14 bits per heavy atom. The van der Waals surface area contributed by atoms with Crippen molar-refractivity contribution in [3.63, 3.8) is 0 Å². The van der Waals surface area contributed by atoms with Crippen LogP contribution in [0.15, 0.2) is 36.4 Å². The van der Waals surface area contributed by atoms with E-state index < -0.39 is 5.82 Å². The fourth-order valence-electron chi connectivity index (χ4n) is 3.33. The van der Waals surface area contributed by atoms with Crippen molar-refractivity contribution in [3.05, 3.63) is 47.8 Å². The highest BCUT2D eigenvalue weighted by Gasteiger charge is 2.25. The van der Waals surface area contributed by atoms with Gasteiger partial charge < -0.3 is 4.90 Å². The molecule has 2 aliphatic rings. The summed E-state index contributed by atoms with van der Waals surface area (Å²) in [5.74, 6) is 0.140. The number of benzene rings is 1. The second-order valence-electron chi connectivity index (χ2n) is 6.22. The first kappa shape index (κ1) is 15.2. The molecule has 1 amide bonds. The van der Waals surface area contributed by atoms with Crippen molar-refractivity contribution < 1.29 is 9.18 Å². The fourth-order valence-corrected chi connectivity index (χ4v) is 3.33. The van der Waals surface area contributed by atoms with E-state index in [0.717, 1.165) is 25.6 Å². The summed E-state index contributed by atoms with van der Waals surface area (Å²) >= 11 is 0. The van der Waals surface area contributed by atoms with Crippen molar-refractivity contribution in [3.8, 4) is 0 Å². The molecule has 1 aromatic carbocycles. The molecule has 1 heterocycles. The highest BCUT2D eigenvalue weighted by molar-refractivity contribution is 5.94. The highest BCUT2D eigenvalue weighted by atomic mass is 19.1. The van der Waals surface area contributed by atoms with Gasteiger partial charge in [0, 0.05) is 32.7 Å². The van der Waals surface area contributed by atoms with E-state index in [1.54, 1.807) is 23.1 Å². The first-order chi connectivity index (χ1) is 10.7. The number of piperazine rings is 1. The zero-order valence-electron chi connectivity index (χ0n) is 12.9. The average molecular weight is 302 g/mol. The molecule has 0 N–H and O–H groups in total. The maximum atomic E-state index is 13.7. The Balaban J connectivity index is 1.52. The zero-order chi connectivity index (χ0) is 15.4. The molecular formula is C18H23FN2O. The van der Waals surface area contributed by atoms with Crippen LogP contribution in [-0.2, 0) is 0 Å². The van der Waals surface area contributed by atoms with Gasteiger partial charge in [0.05, 0.1) is 5.56 Å². The number of nitrogens with zero attached hydrogens (tertiary/aromatic N) is 2. The first-order valence-corrected chi connectivity index (χ1v) is 8.15. The molecule has 1 aliphatic carbocycles. The summed E-state index contributed by atoms with van der Waals surface area (Å²) in [6, 6.07) is 6.24. The van der Waals surface area contributed by atoms with Gasteiger partial charge in [0.2, 0.25) is 0 Å². The van der Waals surface area contributed by atoms with E-state index in [4.69, 9.17) is 0 Å². The monoisotopic (exact) mass is 302 g/mol. The molecule has 1 atom stereocenters. The van der Waals surface area contributed by atoms with Crippen LogP contribution in [0.5, 0.6) is 0 Å². The van der Waals surface area contributed by atoms with Crippen LogP contribution >= 0.6 is 0 Å².